The van der Waals surface area contributed by atoms with Crippen molar-refractivity contribution in [1.29, 1.82) is 0 Å². The SMILES string of the molecule is C[NH+]1c2ccccc2N(C(F)(F)C(F)(Cl)Cl)C1C(=S)[S-]. The lowest BCUT2D eigenvalue weighted by molar-refractivity contribution is -0.819. The van der Waals surface area contributed by atoms with Gasteiger partial charge in [-0.1, -0.05) is 39.5 Å². The van der Waals surface area contributed by atoms with Gasteiger partial charge in [-0.15, -0.1) is 0 Å². The Kier molecular flexibility index (Phi) is 4.12. The molecule has 1 aromatic rings. The van der Waals surface area contributed by atoms with Crippen molar-refractivity contribution in [3.05, 3.63) is 24.3 Å². The van der Waals surface area contributed by atoms with E-state index in [0.717, 1.165) is 0 Å². The molecule has 9 heteroatoms. The van der Waals surface area contributed by atoms with Crippen molar-refractivity contribution in [3.63, 3.8) is 0 Å². The fourth-order valence-corrected chi connectivity index (χ4v) is 2.98. The molecule has 1 N–H and O–H groups in total. The third-order valence-corrected chi connectivity index (χ3v) is 4.02. The number of thiocarbonyl (C=S) groups is 1. The van der Waals surface area contributed by atoms with Gasteiger partial charge in [-0.25, -0.2) is 4.90 Å². The van der Waals surface area contributed by atoms with Crippen molar-refractivity contribution in [2.75, 3.05) is 11.9 Å². The summed E-state index contributed by atoms with van der Waals surface area (Å²) in [6.07, 6.45) is -1.11. The predicted octanol–water partition coefficient (Wildman–Crippen LogP) is 2.55. The zero-order chi connectivity index (χ0) is 15.3. The highest BCUT2D eigenvalue weighted by Gasteiger charge is 2.63. The molecule has 2 rings (SSSR count). The standard InChI is InChI=1S/C11H9Cl2F3N2S2/c1-17-6-4-2-3-5-7(6)18(8(17)9(19)20)11(15,16)10(12,13)14/h2-5,8H,1H3,(H,19,20). The van der Waals surface area contributed by atoms with E-state index >= 15 is 0 Å². The van der Waals surface area contributed by atoms with Crippen LogP contribution in [0.5, 0.6) is 0 Å². The van der Waals surface area contributed by atoms with E-state index in [-0.39, 0.29) is 9.88 Å². The molecule has 0 radical (unpaired) electrons. The van der Waals surface area contributed by atoms with Crippen LogP contribution in [-0.2, 0) is 12.6 Å². The van der Waals surface area contributed by atoms with Crippen LogP contribution in [0.15, 0.2) is 24.3 Å². The average Bonchev–Trinajstić information content (AvgIpc) is 2.62. The molecule has 0 spiro atoms. The number of alkyl halides is 5. The normalized spacial score (nSPS) is 22.8. The Labute approximate surface area is 134 Å². The molecule has 2 atom stereocenters. The number of anilines is 1. The molecular weight excluding hydrogens is 352 g/mol. The molecule has 0 aliphatic carbocycles. The number of para-hydroxylation sites is 2. The van der Waals surface area contributed by atoms with E-state index in [2.05, 4.69) is 0 Å². The Morgan fingerprint density at radius 3 is 2.40 bits per heavy atom. The van der Waals surface area contributed by atoms with Crippen molar-refractivity contribution < 1.29 is 18.1 Å². The highest BCUT2D eigenvalue weighted by atomic mass is 35.5. The molecule has 1 aromatic carbocycles. The lowest BCUT2D eigenvalue weighted by Crippen LogP contribution is -3.10. The predicted molar refractivity (Wildman–Crippen MR) is 79.7 cm³/mol. The van der Waals surface area contributed by atoms with Gasteiger partial charge in [-0.3, -0.25) is 4.90 Å². The third kappa shape index (κ3) is 2.35. The van der Waals surface area contributed by atoms with E-state index in [0.29, 0.717) is 15.5 Å². The molecule has 1 aliphatic heterocycles. The van der Waals surface area contributed by atoms with Crippen molar-refractivity contribution in [3.8, 4) is 0 Å². The quantitative estimate of drug-likeness (QED) is 0.383. The summed E-state index contributed by atoms with van der Waals surface area (Å²) in [4.78, 5) is 0.963. The van der Waals surface area contributed by atoms with Crippen molar-refractivity contribution >= 4 is 63.6 Å². The molecule has 0 saturated heterocycles. The Hall–Kier alpha value is -0.340. The Balaban J connectivity index is 2.62. The molecule has 1 aliphatic rings. The minimum Gasteiger partial charge on any atom is -0.425 e. The number of nitrogens with one attached hydrogen (secondary N) is 1. The molecule has 20 heavy (non-hydrogen) atoms. The minimum atomic E-state index is -4.18. The number of hydrogen-bond acceptors (Lipinski definition) is 3. The summed E-state index contributed by atoms with van der Waals surface area (Å²) >= 11 is 19.7. The van der Waals surface area contributed by atoms with E-state index in [1.54, 1.807) is 25.2 Å². The molecule has 0 amide bonds. The van der Waals surface area contributed by atoms with Gasteiger partial charge < -0.3 is 24.8 Å². The number of benzene rings is 1. The van der Waals surface area contributed by atoms with Crippen LogP contribution in [0.1, 0.15) is 0 Å². The highest BCUT2D eigenvalue weighted by Crippen LogP contribution is 2.47. The maximum absolute atomic E-state index is 14.3. The first-order chi connectivity index (χ1) is 9.09. The molecule has 0 bridgehead atoms. The van der Waals surface area contributed by atoms with Crippen LogP contribution in [0.25, 0.3) is 0 Å². The lowest BCUT2D eigenvalue weighted by atomic mass is 10.2. The topological polar surface area (TPSA) is 7.68 Å². The van der Waals surface area contributed by atoms with E-state index in [4.69, 9.17) is 48.0 Å². The van der Waals surface area contributed by atoms with Crippen LogP contribution in [0.3, 0.4) is 0 Å². The maximum atomic E-state index is 14.3. The second kappa shape index (κ2) is 5.14. The second-order valence-corrected chi connectivity index (χ2v) is 6.70. The molecular formula is C11H9Cl2F3N2S2. The monoisotopic (exact) mass is 360 g/mol. The number of fused-ring (bicyclic) bond motifs is 1. The average molecular weight is 361 g/mol. The van der Waals surface area contributed by atoms with E-state index in [1.165, 1.54) is 6.07 Å². The van der Waals surface area contributed by atoms with Gasteiger partial charge >= 0.3 is 10.6 Å². The number of halogens is 5. The third-order valence-electron chi connectivity index (χ3n) is 3.12. The van der Waals surface area contributed by atoms with Gasteiger partial charge in [0.15, 0.2) is 11.9 Å². The van der Waals surface area contributed by atoms with Gasteiger partial charge in [0.1, 0.15) is 5.69 Å². The fraction of sp³-hybridized carbons (Fsp3) is 0.364. The number of hydrogen-bond donors (Lipinski definition) is 1. The largest absolute Gasteiger partial charge is 0.425 e. The van der Waals surface area contributed by atoms with Gasteiger partial charge in [-0.05, 0) is 6.07 Å². The summed E-state index contributed by atoms with van der Waals surface area (Å²) in [6.45, 7) is 0. The summed E-state index contributed by atoms with van der Waals surface area (Å²) in [5.74, 6) is 0. The summed E-state index contributed by atoms with van der Waals surface area (Å²) in [6, 6.07) is 2.09. The van der Waals surface area contributed by atoms with Crippen LogP contribution < -0.4 is 9.80 Å². The van der Waals surface area contributed by atoms with Crippen LogP contribution in [-0.4, -0.2) is 28.0 Å². The zero-order valence-electron chi connectivity index (χ0n) is 10.0. The Bertz CT molecular complexity index is 551. The summed E-state index contributed by atoms with van der Waals surface area (Å²) in [7, 11) is 1.61. The minimum absolute atomic E-state index is 0.0931. The second-order valence-electron chi connectivity index (χ2n) is 4.33. The van der Waals surface area contributed by atoms with Crippen LogP contribution in [0, 0.1) is 0 Å². The first kappa shape index (κ1) is 16.0. The fourth-order valence-electron chi connectivity index (χ4n) is 2.23. The van der Waals surface area contributed by atoms with Crippen molar-refractivity contribution in [1.82, 2.24) is 0 Å². The van der Waals surface area contributed by atoms with Crippen LogP contribution in [0.2, 0.25) is 0 Å². The van der Waals surface area contributed by atoms with Crippen molar-refractivity contribution in [2.45, 2.75) is 16.8 Å². The van der Waals surface area contributed by atoms with Gasteiger partial charge in [0.05, 0.1) is 7.05 Å². The van der Waals surface area contributed by atoms with E-state index in [9.17, 15) is 13.2 Å². The first-order valence-electron chi connectivity index (χ1n) is 5.46. The van der Waals surface area contributed by atoms with Gasteiger partial charge in [-0.2, -0.15) is 13.2 Å². The van der Waals surface area contributed by atoms with Gasteiger partial charge in [0, 0.05) is 6.07 Å². The molecule has 0 saturated carbocycles. The molecule has 1 heterocycles. The molecule has 0 aromatic heterocycles. The smallest absolute Gasteiger partial charge is 0.392 e. The molecule has 0 fully saturated rings. The van der Waals surface area contributed by atoms with Gasteiger partial charge in [0.2, 0.25) is 0 Å². The number of nitrogens with zero attached hydrogens (tertiary/aromatic N) is 1. The first-order valence-corrected chi connectivity index (χ1v) is 7.04. The Morgan fingerprint density at radius 2 is 1.90 bits per heavy atom. The van der Waals surface area contributed by atoms with Crippen LogP contribution in [0.4, 0.5) is 24.5 Å². The number of quaternary nitrogens is 1. The summed E-state index contributed by atoms with van der Waals surface area (Å²) in [5.41, 5.74) is 0.609. The maximum Gasteiger partial charge on any atom is 0.392 e. The lowest BCUT2D eigenvalue weighted by Gasteiger charge is -2.37. The zero-order valence-corrected chi connectivity index (χ0v) is 13.2. The van der Waals surface area contributed by atoms with Crippen molar-refractivity contribution in [2.24, 2.45) is 0 Å². The number of rotatable bonds is 3. The highest BCUT2D eigenvalue weighted by molar-refractivity contribution is 8.00. The molecule has 2 nitrogen and oxygen atoms in total. The molecule has 2 unspecified atom stereocenters. The molecule has 110 valence electrons. The summed E-state index contributed by atoms with van der Waals surface area (Å²) < 4.78 is 38.2. The summed E-state index contributed by atoms with van der Waals surface area (Å²) in [5, 5.41) is 0. The Morgan fingerprint density at radius 1 is 1.35 bits per heavy atom. The van der Waals surface area contributed by atoms with Gasteiger partial charge in [0.25, 0.3) is 0 Å². The van der Waals surface area contributed by atoms with Crippen LogP contribution >= 0.6 is 35.4 Å². The van der Waals surface area contributed by atoms with E-state index in [1.807, 2.05) is 0 Å². The van der Waals surface area contributed by atoms with E-state index < -0.39 is 16.8 Å².